The van der Waals surface area contributed by atoms with Gasteiger partial charge in [0.2, 0.25) is 0 Å². The highest BCUT2D eigenvalue weighted by atomic mass is 16.4. The maximum Gasteiger partial charge on any atom is 0.0898 e. The lowest BCUT2D eigenvalue weighted by atomic mass is 9.79. The quantitative estimate of drug-likeness (QED) is 0.452. The Labute approximate surface area is 162 Å². The van der Waals surface area contributed by atoms with Gasteiger partial charge < -0.3 is 14.7 Å². The number of para-hydroxylation sites is 1. The number of piperidine rings is 1. The summed E-state index contributed by atoms with van der Waals surface area (Å²) in [5, 5.41) is 13.6. The lowest BCUT2D eigenvalue weighted by Gasteiger charge is -2.42. The first kappa shape index (κ1) is 18.5. The van der Waals surface area contributed by atoms with Gasteiger partial charge in [-0.2, -0.15) is 0 Å². The Morgan fingerprint density at radius 3 is 2.37 bits per heavy atom. The van der Waals surface area contributed by atoms with Crippen molar-refractivity contribution in [2.24, 2.45) is 17.0 Å². The molecule has 1 aromatic heterocycles. The van der Waals surface area contributed by atoms with Gasteiger partial charge in [0.25, 0.3) is 0 Å². The van der Waals surface area contributed by atoms with Crippen LogP contribution in [0.25, 0.3) is 10.9 Å². The van der Waals surface area contributed by atoms with E-state index in [0.717, 1.165) is 23.6 Å². The maximum atomic E-state index is 9.09. The van der Waals surface area contributed by atoms with Gasteiger partial charge >= 0.3 is 0 Å². The Morgan fingerprint density at radius 2 is 1.70 bits per heavy atom. The number of nitrogens with zero attached hydrogens (tertiary/aromatic N) is 3. The van der Waals surface area contributed by atoms with Gasteiger partial charge in [0.1, 0.15) is 0 Å². The summed E-state index contributed by atoms with van der Waals surface area (Å²) in [5.41, 5.74) is 2.26. The first-order valence-corrected chi connectivity index (χ1v) is 10.7. The zero-order valence-electron chi connectivity index (χ0n) is 16.7. The smallest absolute Gasteiger partial charge is 0.0898 e. The van der Waals surface area contributed by atoms with Crippen LogP contribution in [-0.2, 0) is 0 Å². The minimum Gasteiger partial charge on any atom is -0.411 e. The highest BCUT2D eigenvalue weighted by molar-refractivity contribution is 5.90. The van der Waals surface area contributed by atoms with E-state index in [1.54, 1.807) is 6.21 Å². The molecule has 2 aliphatic rings. The number of oxime groups is 1. The van der Waals surface area contributed by atoms with Crippen molar-refractivity contribution in [1.29, 1.82) is 0 Å². The van der Waals surface area contributed by atoms with E-state index in [2.05, 4.69) is 58.8 Å². The fraction of sp³-hybridized carbons (Fsp3) is 0.609. The summed E-state index contributed by atoms with van der Waals surface area (Å²) >= 11 is 0. The molecule has 2 aromatic rings. The van der Waals surface area contributed by atoms with Crippen molar-refractivity contribution in [3.63, 3.8) is 0 Å². The summed E-state index contributed by atoms with van der Waals surface area (Å²) in [6.07, 6.45) is 9.50. The second kappa shape index (κ2) is 8.05. The number of rotatable bonds is 4. The lowest BCUT2D eigenvalue weighted by molar-refractivity contribution is 0.0893. The SMILES string of the molecule is CC(C)[C@H]1CC[C@@H](N2CCC(n3c(/C=N/O)cc4ccccc43)CC2)CC1. The summed E-state index contributed by atoms with van der Waals surface area (Å²) in [5.74, 6) is 1.77. The Balaban J connectivity index is 1.44. The highest BCUT2D eigenvalue weighted by Crippen LogP contribution is 2.35. The fourth-order valence-corrected chi connectivity index (χ4v) is 5.41. The summed E-state index contributed by atoms with van der Waals surface area (Å²) in [6, 6.07) is 11.9. The third-order valence-electron chi connectivity index (χ3n) is 7.03. The molecule has 27 heavy (non-hydrogen) atoms. The van der Waals surface area contributed by atoms with Crippen molar-refractivity contribution in [3.8, 4) is 0 Å². The third kappa shape index (κ3) is 3.77. The molecule has 146 valence electrons. The zero-order chi connectivity index (χ0) is 18.8. The van der Waals surface area contributed by atoms with Crippen LogP contribution in [0, 0.1) is 11.8 Å². The van der Waals surface area contributed by atoms with Crippen molar-refractivity contribution >= 4 is 17.1 Å². The minimum atomic E-state index is 0.487. The van der Waals surface area contributed by atoms with Crippen molar-refractivity contribution < 1.29 is 5.21 Å². The molecule has 1 N–H and O–H groups in total. The van der Waals surface area contributed by atoms with Crippen LogP contribution in [0.4, 0.5) is 0 Å². The molecular weight excluding hydrogens is 334 g/mol. The number of likely N-dealkylation sites (tertiary alicyclic amines) is 1. The molecule has 0 radical (unpaired) electrons. The molecule has 4 nitrogen and oxygen atoms in total. The molecule has 1 saturated heterocycles. The van der Waals surface area contributed by atoms with Gasteiger partial charge in [0, 0.05) is 36.1 Å². The van der Waals surface area contributed by atoms with Crippen molar-refractivity contribution in [3.05, 3.63) is 36.0 Å². The highest BCUT2D eigenvalue weighted by Gasteiger charge is 2.31. The average molecular weight is 368 g/mol. The van der Waals surface area contributed by atoms with Gasteiger partial charge in [-0.15, -0.1) is 0 Å². The normalized spacial score (nSPS) is 25.7. The molecule has 1 aliphatic heterocycles. The van der Waals surface area contributed by atoms with Gasteiger partial charge in [-0.3, -0.25) is 0 Å². The van der Waals surface area contributed by atoms with Crippen LogP contribution >= 0.6 is 0 Å². The zero-order valence-corrected chi connectivity index (χ0v) is 16.7. The molecule has 0 amide bonds. The van der Waals surface area contributed by atoms with Crippen molar-refractivity contribution in [2.75, 3.05) is 13.1 Å². The molecule has 2 heterocycles. The molecule has 1 aliphatic carbocycles. The predicted molar refractivity (Wildman–Crippen MR) is 112 cm³/mol. The first-order valence-electron chi connectivity index (χ1n) is 10.7. The largest absolute Gasteiger partial charge is 0.411 e. The van der Waals surface area contributed by atoms with E-state index < -0.39 is 0 Å². The van der Waals surface area contributed by atoms with E-state index in [9.17, 15) is 0 Å². The molecule has 4 heteroatoms. The van der Waals surface area contributed by atoms with E-state index in [4.69, 9.17) is 5.21 Å². The number of fused-ring (bicyclic) bond motifs is 1. The first-order chi connectivity index (χ1) is 13.2. The number of hydrogen-bond donors (Lipinski definition) is 1. The fourth-order valence-electron chi connectivity index (χ4n) is 5.41. The van der Waals surface area contributed by atoms with Crippen LogP contribution in [0.2, 0.25) is 0 Å². The van der Waals surface area contributed by atoms with Gasteiger partial charge in [-0.25, -0.2) is 0 Å². The molecule has 0 bridgehead atoms. The predicted octanol–water partition coefficient (Wildman–Crippen LogP) is 5.30. The average Bonchev–Trinajstić information content (AvgIpc) is 3.06. The van der Waals surface area contributed by atoms with Crippen LogP contribution in [0.1, 0.15) is 64.1 Å². The molecule has 0 atom stereocenters. The monoisotopic (exact) mass is 367 g/mol. The lowest BCUT2D eigenvalue weighted by Crippen LogP contribution is -2.44. The van der Waals surface area contributed by atoms with Crippen LogP contribution in [0.3, 0.4) is 0 Å². The van der Waals surface area contributed by atoms with Crippen molar-refractivity contribution in [2.45, 2.75) is 64.5 Å². The van der Waals surface area contributed by atoms with Gasteiger partial charge in [0.05, 0.1) is 11.9 Å². The van der Waals surface area contributed by atoms with Gasteiger partial charge in [-0.05, 0) is 62.5 Å². The molecule has 1 aromatic carbocycles. The number of benzene rings is 1. The number of aromatic nitrogens is 1. The maximum absolute atomic E-state index is 9.09. The van der Waals surface area contributed by atoms with E-state index in [1.165, 1.54) is 62.5 Å². The molecule has 0 unspecified atom stereocenters. The molecule has 1 saturated carbocycles. The van der Waals surface area contributed by atoms with E-state index in [-0.39, 0.29) is 0 Å². The second-order valence-corrected chi connectivity index (χ2v) is 8.82. The third-order valence-corrected chi connectivity index (χ3v) is 7.03. The summed E-state index contributed by atoms with van der Waals surface area (Å²) in [7, 11) is 0. The minimum absolute atomic E-state index is 0.487. The standard InChI is InChI=1S/C23H33N3O/c1-17(2)18-7-9-20(10-8-18)25-13-11-21(12-14-25)26-22(16-24-27)15-19-5-3-4-6-23(19)26/h3-6,15-18,20-21,27H,7-14H2,1-2H3/b24-16+/t18-,20+. The molecule has 0 spiro atoms. The topological polar surface area (TPSA) is 40.8 Å². The van der Waals surface area contributed by atoms with E-state index in [0.29, 0.717) is 6.04 Å². The van der Waals surface area contributed by atoms with Crippen LogP contribution in [-0.4, -0.2) is 40.0 Å². The Morgan fingerprint density at radius 1 is 1.00 bits per heavy atom. The van der Waals surface area contributed by atoms with Crippen LogP contribution in [0.15, 0.2) is 35.5 Å². The van der Waals surface area contributed by atoms with E-state index >= 15 is 0 Å². The number of hydrogen-bond acceptors (Lipinski definition) is 3. The van der Waals surface area contributed by atoms with Crippen LogP contribution in [0.5, 0.6) is 0 Å². The van der Waals surface area contributed by atoms with E-state index in [1.807, 2.05) is 0 Å². The van der Waals surface area contributed by atoms with Crippen molar-refractivity contribution in [1.82, 2.24) is 9.47 Å². The summed E-state index contributed by atoms with van der Waals surface area (Å²) < 4.78 is 2.39. The Kier molecular flexibility index (Phi) is 5.53. The van der Waals surface area contributed by atoms with Gasteiger partial charge in [0.15, 0.2) is 0 Å². The van der Waals surface area contributed by atoms with Gasteiger partial charge in [-0.1, -0.05) is 37.2 Å². The Bertz CT molecular complexity index is 778. The molecule has 4 rings (SSSR count). The second-order valence-electron chi connectivity index (χ2n) is 8.82. The van der Waals surface area contributed by atoms with Crippen LogP contribution < -0.4 is 0 Å². The molecule has 2 fully saturated rings. The summed E-state index contributed by atoms with van der Waals surface area (Å²) in [6.45, 7) is 7.13. The Hall–Kier alpha value is -1.81. The summed E-state index contributed by atoms with van der Waals surface area (Å²) in [4.78, 5) is 2.75. The molecular formula is C23H33N3O.